The Labute approximate surface area is 207 Å². The van der Waals surface area contributed by atoms with Crippen LogP contribution in [0.4, 0.5) is 0 Å². The summed E-state index contributed by atoms with van der Waals surface area (Å²) in [5.41, 5.74) is 0. The van der Waals surface area contributed by atoms with Gasteiger partial charge in [0, 0.05) is 65.2 Å². The third-order valence-electron chi connectivity index (χ3n) is 0. The Morgan fingerprint density at radius 2 is 0.158 bits per heavy atom. The van der Waals surface area contributed by atoms with Gasteiger partial charge in [0.15, 0.2) is 0 Å². The van der Waals surface area contributed by atoms with Gasteiger partial charge in [-0.25, -0.2) is 0 Å². The Bertz CT molecular complexity index is 24.9. The van der Waals surface area contributed by atoms with E-state index in [4.69, 9.17) is 0 Å². The summed E-state index contributed by atoms with van der Waals surface area (Å²) in [4.78, 5) is 0. The summed E-state index contributed by atoms with van der Waals surface area (Å²) >= 11 is 0. The molecule has 12 nitrogen and oxygen atoms in total. The fraction of sp³-hybridized carbons (Fsp3) is 0. The van der Waals surface area contributed by atoms with E-state index in [1.165, 1.54) is 0 Å². The standard InChI is InChI=1S/4Ga.12H2O.3Ti/h;;;;12*1H2;;;/q4*+3;;;;;;;;;;;;;;;/p-12. The molecule has 0 aromatic carbocycles. The SMILES string of the molecule is [Ga+3].[Ga+3].[Ga+3].[Ga+3].[OH-].[OH-].[OH-].[OH-].[OH-].[OH-].[OH-].[OH-].[OH-].[OH-].[OH-].[OH-].[Ti].[Ti].[Ti]. The molecule has 0 atom stereocenters. The topological polar surface area (TPSA) is 360 Å². The normalized spacial score (nSPS) is 0. The van der Waals surface area contributed by atoms with Crippen LogP contribution in [0.3, 0.4) is 0 Å². The maximum atomic E-state index is 0. The van der Waals surface area contributed by atoms with Gasteiger partial charge in [-0.05, 0) is 0 Å². The number of hydrogen-bond donors (Lipinski definition) is 0. The average Bonchev–Trinajstić information content (AvgIpc) is 0. The van der Waals surface area contributed by atoms with E-state index in [-0.39, 0.29) is 210 Å². The predicted molar refractivity (Wildman–Crippen MR) is 46.2 cm³/mol. The molecule has 108 valence electrons. The van der Waals surface area contributed by atoms with Gasteiger partial charge in [0.2, 0.25) is 0 Å². The van der Waals surface area contributed by atoms with Crippen molar-refractivity contribution in [3.63, 3.8) is 0 Å². The molecule has 19 heteroatoms. The van der Waals surface area contributed by atoms with Gasteiger partial charge >= 0.3 is 79.2 Å². The molecule has 0 saturated heterocycles. The van der Waals surface area contributed by atoms with Crippen LogP contribution in [-0.2, 0) is 65.2 Å². The van der Waals surface area contributed by atoms with Crippen molar-refractivity contribution in [3.05, 3.63) is 0 Å². The van der Waals surface area contributed by atoms with Gasteiger partial charge in [-0.3, -0.25) is 0 Å². The molecule has 0 rings (SSSR count). The van der Waals surface area contributed by atoms with E-state index in [0.717, 1.165) is 0 Å². The van der Waals surface area contributed by atoms with Crippen molar-refractivity contribution in [3.8, 4) is 0 Å². The van der Waals surface area contributed by atoms with E-state index in [9.17, 15) is 0 Å². The van der Waals surface area contributed by atoms with Crippen molar-refractivity contribution in [2.45, 2.75) is 0 Å². The van der Waals surface area contributed by atoms with Crippen molar-refractivity contribution in [1.82, 2.24) is 0 Å². The molecular weight excluding hydrogens is 614 g/mol. The maximum absolute atomic E-state index is 0. The zero-order valence-corrected chi connectivity index (χ0v) is 23.6. The maximum Gasteiger partial charge on any atom is 3.00 e. The molecular formula is H12Ga4O12Ti3. The van der Waals surface area contributed by atoms with E-state index in [0.29, 0.717) is 0 Å². The van der Waals surface area contributed by atoms with Crippen molar-refractivity contribution >= 4 is 79.2 Å². The minimum atomic E-state index is 0. The molecule has 0 amide bonds. The fourth-order valence-corrected chi connectivity index (χ4v) is 0. The van der Waals surface area contributed by atoms with Crippen LogP contribution >= 0.6 is 0 Å². The Balaban J connectivity index is 0. The zero-order valence-electron chi connectivity index (χ0n) is 9.18. The van der Waals surface area contributed by atoms with Crippen LogP contribution in [-0.4, -0.2) is 145 Å². The second kappa shape index (κ2) is 564. The third-order valence-corrected chi connectivity index (χ3v) is 0. The minimum absolute atomic E-state index is 0. The molecule has 0 aliphatic carbocycles. The molecule has 0 saturated carbocycles. The Hall–Kier alpha value is 4.21. The summed E-state index contributed by atoms with van der Waals surface area (Å²) < 4.78 is 0. The van der Waals surface area contributed by atoms with E-state index in [1.807, 2.05) is 0 Å². The molecule has 0 fully saturated rings. The molecule has 0 heterocycles. The van der Waals surface area contributed by atoms with Crippen LogP contribution in [0.25, 0.3) is 0 Å². The van der Waals surface area contributed by atoms with Gasteiger partial charge in [0.05, 0.1) is 0 Å². The molecule has 12 N–H and O–H groups in total. The quantitative estimate of drug-likeness (QED) is 0.235. The first kappa shape index (κ1) is 646. The van der Waals surface area contributed by atoms with Crippen molar-refractivity contribution in [1.29, 1.82) is 0 Å². The van der Waals surface area contributed by atoms with Crippen molar-refractivity contribution < 1.29 is 131 Å². The summed E-state index contributed by atoms with van der Waals surface area (Å²) in [6, 6.07) is 0. The molecule has 0 aliphatic rings. The second-order valence-corrected chi connectivity index (χ2v) is 0. The smallest absolute Gasteiger partial charge is 0.870 e. The molecule has 0 aromatic rings. The molecule has 0 unspecified atom stereocenters. The summed E-state index contributed by atoms with van der Waals surface area (Å²) in [5, 5.41) is 0. The number of hydrogen-bond acceptors (Lipinski definition) is 12. The summed E-state index contributed by atoms with van der Waals surface area (Å²) in [5.74, 6) is 0. The van der Waals surface area contributed by atoms with Gasteiger partial charge in [-0.1, -0.05) is 0 Å². The van der Waals surface area contributed by atoms with Crippen LogP contribution in [0, 0.1) is 0 Å². The van der Waals surface area contributed by atoms with Crippen LogP contribution in [0.1, 0.15) is 0 Å². The Morgan fingerprint density at radius 3 is 0.158 bits per heavy atom. The first-order valence-electron chi connectivity index (χ1n) is 0. The molecule has 0 radical (unpaired) electrons. The largest absolute Gasteiger partial charge is 3.00 e. The van der Waals surface area contributed by atoms with Crippen LogP contribution in [0.5, 0.6) is 0 Å². The molecule has 0 bridgehead atoms. The first-order valence-corrected chi connectivity index (χ1v) is 0. The Kier molecular flexibility index (Phi) is 19200. The second-order valence-electron chi connectivity index (χ2n) is 0. The summed E-state index contributed by atoms with van der Waals surface area (Å²) in [7, 11) is 0. The minimum Gasteiger partial charge on any atom is -0.870 e. The van der Waals surface area contributed by atoms with Gasteiger partial charge in [0.25, 0.3) is 0 Å². The Morgan fingerprint density at radius 1 is 0.158 bits per heavy atom. The van der Waals surface area contributed by atoms with Crippen LogP contribution in [0.15, 0.2) is 0 Å². The summed E-state index contributed by atoms with van der Waals surface area (Å²) in [6.45, 7) is 0. The zero-order chi connectivity index (χ0) is 0. The molecule has 0 aromatic heterocycles. The predicted octanol–water partition coefficient (Wildman–Crippen LogP) is -3.65. The monoisotopic (exact) mass is 624 g/mol. The average molecular weight is 627 g/mol. The van der Waals surface area contributed by atoms with Gasteiger partial charge in [-0.15, -0.1) is 0 Å². The van der Waals surface area contributed by atoms with Gasteiger partial charge < -0.3 is 65.7 Å². The summed E-state index contributed by atoms with van der Waals surface area (Å²) in [6.07, 6.45) is 0. The third kappa shape index (κ3) is 512. The molecule has 19 heavy (non-hydrogen) atoms. The van der Waals surface area contributed by atoms with Gasteiger partial charge in [0.1, 0.15) is 0 Å². The van der Waals surface area contributed by atoms with E-state index in [2.05, 4.69) is 0 Å². The van der Waals surface area contributed by atoms with E-state index >= 15 is 0 Å². The molecule has 0 spiro atoms. The van der Waals surface area contributed by atoms with Crippen LogP contribution in [0.2, 0.25) is 0 Å². The van der Waals surface area contributed by atoms with Crippen LogP contribution < -0.4 is 0 Å². The van der Waals surface area contributed by atoms with Crippen molar-refractivity contribution in [2.75, 3.05) is 0 Å². The van der Waals surface area contributed by atoms with E-state index in [1.54, 1.807) is 0 Å². The van der Waals surface area contributed by atoms with E-state index < -0.39 is 0 Å². The fourth-order valence-electron chi connectivity index (χ4n) is 0. The molecule has 0 aliphatic heterocycles. The van der Waals surface area contributed by atoms with Crippen molar-refractivity contribution in [2.24, 2.45) is 0 Å². The number of rotatable bonds is 0. The first-order chi connectivity index (χ1) is 0. The van der Waals surface area contributed by atoms with Gasteiger partial charge in [-0.2, -0.15) is 0 Å².